The van der Waals surface area contributed by atoms with Crippen LogP contribution < -0.4 is 0 Å². The van der Waals surface area contributed by atoms with Crippen LogP contribution in [0.15, 0.2) is 52.5 Å². The maximum absolute atomic E-state index is 13.6. The molecule has 4 heterocycles. The van der Waals surface area contributed by atoms with Crippen molar-refractivity contribution in [3.05, 3.63) is 58.7 Å². The number of amides is 1. The van der Waals surface area contributed by atoms with E-state index >= 15 is 0 Å². The highest BCUT2D eigenvalue weighted by atomic mass is 32.1. The Hall–Kier alpha value is -2.55. The van der Waals surface area contributed by atoms with Crippen molar-refractivity contribution < 1.29 is 9.21 Å². The number of carbonyl (C=O) groups excluding carboxylic acids is 1. The first-order valence-corrected chi connectivity index (χ1v) is 13.8. The number of thiazole rings is 2. The van der Waals surface area contributed by atoms with E-state index in [0.717, 1.165) is 79.0 Å². The van der Waals surface area contributed by atoms with Crippen LogP contribution in [-0.4, -0.2) is 51.9 Å². The molecule has 0 N–H and O–H groups in total. The van der Waals surface area contributed by atoms with Crippen LogP contribution in [0.4, 0.5) is 0 Å². The molecule has 1 amide bonds. The smallest absolute Gasteiger partial charge is 0.226 e. The van der Waals surface area contributed by atoms with Crippen LogP contribution in [0.5, 0.6) is 0 Å². The summed E-state index contributed by atoms with van der Waals surface area (Å²) in [6.07, 6.45) is 6.05. The lowest BCUT2D eigenvalue weighted by molar-refractivity contribution is -0.139. The molecule has 2 fully saturated rings. The molecule has 176 valence electrons. The zero-order valence-electron chi connectivity index (χ0n) is 19.1. The van der Waals surface area contributed by atoms with E-state index in [1.54, 1.807) is 28.9 Å². The molecule has 8 heteroatoms. The Morgan fingerprint density at radius 3 is 2.71 bits per heavy atom. The number of hydrogen-bond donors (Lipinski definition) is 0. The maximum Gasteiger partial charge on any atom is 0.226 e. The minimum atomic E-state index is 0.0651. The zero-order valence-corrected chi connectivity index (χ0v) is 20.7. The third-order valence-corrected chi connectivity index (χ3v) is 9.14. The van der Waals surface area contributed by atoms with E-state index in [9.17, 15) is 4.79 Å². The van der Waals surface area contributed by atoms with E-state index in [-0.39, 0.29) is 11.8 Å². The van der Waals surface area contributed by atoms with Gasteiger partial charge in [0.1, 0.15) is 0 Å². The van der Waals surface area contributed by atoms with Crippen LogP contribution in [0.3, 0.4) is 0 Å². The minimum absolute atomic E-state index is 0.0651. The highest BCUT2D eigenvalue weighted by Gasteiger charge is 2.37. The van der Waals surface area contributed by atoms with E-state index in [4.69, 9.17) is 14.4 Å². The number of carbonyl (C=O) groups is 1. The molecule has 0 spiro atoms. The molecule has 1 saturated heterocycles. The van der Waals surface area contributed by atoms with E-state index in [2.05, 4.69) is 33.4 Å². The molecule has 1 aliphatic heterocycles. The zero-order chi connectivity index (χ0) is 22.9. The molecule has 0 unspecified atom stereocenters. The number of rotatable bonds is 5. The summed E-state index contributed by atoms with van der Waals surface area (Å²) >= 11 is 3.39. The van der Waals surface area contributed by atoms with Crippen molar-refractivity contribution in [1.82, 2.24) is 19.8 Å². The van der Waals surface area contributed by atoms with Crippen LogP contribution in [0, 0.1) is 5.92 Å². The Balaban J connectivity index is 1.09. The van der Waals surface area contributed by atoms with Crippen molar-refractivity contribution in [1.29, 1.82) is 0 Å². The standard InChI is InChI=1S/C26H28N4O2S2/c31-26(20-7-2-1-6-19(20)24-28-21-8-3-4-10-23(21)34-24)30-13-11-29(12-14-30)16-18-17-33-25(27-18)22-9-5-15-32-22/h3-5,8-10,15,17,19-20H,1-2,6-7,11-14,16H2/t19-,20+/m0/s1. The van der Waals surface area contributed by atoms with E-state index in [1.807, 2.05) is 18.2 Å². The Labute approximate surface area is 207 Å². The molecule has 0 radical (unpaired) electrons. The van der Waals surface area contributed by atoms with Crippen molar-refractivity contribution in [3.8, 4) is 10.8 Å². The highest BCUT2D eigenvalue weighted by molar-refractivity contribution is 7.18. The molecular weight excluding hydrogens is 464 g/mol. The van der Waals surface area contributed by atoms with Gasteiger partial charge >= 0.3 is 0 Å². The van der Waals surface area contributed by atoms with Crippen molar-refractivity contribution >= 4 is 38.8 Å². The van der Waals surface area contributed by atoms with Crippen molar-refractivity contribution in [3.63, 3.8) is 0 Å². The van der Waals surface area contributed by atoms with Crippen LogP contribution in [-0.2, 0) is 11.3 Å². The first kappa shape index (κ1) is 21.9. The quantitative estimate of drug-likeness (QED) is 0.361. The van der Waals surface area contributed by atoms with Gasteiger partial charge in [0.15, 0.2) is 10.8 Å². The van der Waals surface area contributed by atoms with E-state index < -0.39 is 0 Å². The summed E-state index contributed by atoms with van der Waals surface area (Å²) < 4.78 is 6.69. The van der Waals surface area contributed by atoms with Gasteiger partial charge in [-0.15, -0.1) is 22.7 Å². The molecule has 0 bridgehead atoms. The third-order valence-electron chi connectivity index (χ3n) is 7.06. The lowest BCUT2D eigenvalue weighted by atomic mass is 9.78. The lowest BCUT2D eigenvalue weighted by Crippen LogP contribution is -2.51. The predicted octanol–water partition coefficient (Wildman–Crippen LogP) is 5.63. The number of para-hydroxylation sites is 1. The highest BCUT2D eigenvalue weighted by Crippen LogP contribution is 2.41. The Kier molecular flexibility index (Phi) is 6.20. The second-order valence-electron chi connectivity index (χ2n) is 9.24. The average molecular weight is 493 g/mol. The molecule has 4 aromatic rings. The average Bonchev–Trinajstić information content (AvgIpc) is 3.64. The summed E-state index contributed by atoms with van der Waals surface area (Å²) in [5.74, 6) is 1.47. The summed E-state index contributed by atoms with van der Waals surface area (Å²) in [6.45, 7) is 4.17. The van der Waals surface area contributed by atoms with Gasteiger partial charge in [-0.1, -0.05) is 25.0 Å². The topological polar surface area (TPSA) is 62.5 Å². The summed E-state index contributed by atoms with van der Waals surface area (Å²) in [4.78, 5) is 27.8. The lowest BCUT2D eigenvalue weighted by Gasteiger charge is -2.38. The SMILES string of the molecule is O=C([C@@H]1CCCC[C@@H]1c1nc2ccccc2s1)N1CCN(Cc2csc(-c3ccco3)n2)CC1. The maximum atomic E-state index is 13.6. The van der Waals surface area contributed by atoms with Crippen molar-refractivity contribution in [2.45, 2.75) is 38.1 Å². The van der Waals surface area contributed by atoms with E-state index in [0.29, 0.717) is 5.91 Å². The van der Waals surface area contributed by atoms with Gasteiger partial charge in [-0.3, -0.25) is 9.69 Å². The van der Waals surface area contributed by atoms with Crippen LogP contribution in [0.1, 0.15) is 42.3 Å². The van der Waals surface area contributed by atoms with Gasteiger partial charge in [-0.25, -0.2) is 9.97 Å². The molecular formula is C26H28N4O2S2. The largest absolute Gasteiger partial charge is 0.462 e. The number of fused-ring (bicyclic) bond motifs is 1. The molecule has 3 aromatic heterocycles. The predicted molar refractivity (Wildman–Crippen MR) is 136 cm³/mol. The number of nitrogens with zero attached hydrogens (tertiary/aromatic N) is 4. The van der Waals surface area contributed by atoms with E-state index in [1.165, 1.54) is 11.1 Å². The number of furan rings is 1. The minimum Gasteiger partial charge on any atom is -0.462 e. The number of aromatic nitrogens is 2. The Morgan fingerprint density at radius 2 is 1.88 bits per heavy atom. The Morgan fingerprint density at radius 1 is 1.03 bits per heavy atom. The summed E-state index contributed by atoms with van der Waals surface area (Å²) in [5.41, 5.74) is 2.13. The van der Waals surface area contributed by atoms with Crippen LogP contribution >= 0.6 is 22.7 Å². The molecule has 6 rings (SSSR count). The van der Waals surface area contributed by atoms with Crippen LogP contribution in [0.2, 0.25) is 0 Å². The van der Waals surface area contributed by atoms with Gasteiger partial charge in [-0.05, 0) is 37.1 Å². The number of piperazine rings is 1. The fourth-order valence-electron chi connectivity index (χ4n) is 5.25. The van der Waals surface area contributed by atoms with Gasteiger partial charge in [0, 0.05) is 49.9 Å². The fourth-order valence-corrected chi connectivity index (χ4v) is 7.20. The van der Waals surface area contributed by atoms with Gasteiger partial charge in [0.05, 0.1) is 27.2 Å². The van der Waals surface area contributed by atoms with Gasteiger partial charge in [-0.2, -0.15) is 0 Å². The summed E-state index contributed by atoms with van der Waals surface area (Å²) in [6, 6.07) is 12.2. The third kappa shape index (κ3) is 4.42. The molecule has 2 aliphatic rings. The second-order valence-corrected chi connectivity index (χ2v) is 11.2. The normalized spacial score (nSPS) is 21.8. The second kappa shape index (κ2) is 9.60. The molecule has 2 atom stereocenters. The summed E-state index contributed by atoms with van der Waals surface area (Å²) in [5, 5.41) is 4.18. The molecule has 1 aromatic carbocycles. The molecule has 1 aliphatic carbocycles. The fraction of sp³-hybridized carbons (Fsp3) is 0.423. The first-order chi connectivity index (χ1) is 16.7. The molecule has 34 heavy (non-hydrogen) atoms. The van der Waals surface area contributed by atoms with Gasteiger partial charge in [0.25, 0.3) is 0 Å². The first-order valence-electron chi connectivity index (χ1n) is 12.1. The number of hydrogen-bond acceptors (Lipinski definition) is 7. The van der Waals surface area contributed by atoms with Crippen LogP contribution in [0.25, 0.3) is 21.0 Å². The molecule has 1 saturated carbocycles. The number of benzene rings is 1. The monoisotopic (exact) mass is 492 g/mol. The van der Waals surface area contributed by atoms with Gasteiger partial charge in [0.2, 0.25) is 5.91 Å². The van der Waals surface area contributed by atoms with Crippen molar-refractivity contribution in [2.24, 2.45) is 5.92 Å². The Bertz CT molecular complexity index is 1220. The van der Waals surface area contributed by atoms with Crippen molar-refractivity contribution in [2.75, 3.05) is 26.2 Å². The molecule has 6 nitrogen and oxygen atoms in total. The summed E-state index contributed by atoms with van der Waals surface area (Å²) in [7, 11) is 0. The van der Waals surface area contributed by atoms with Gasteiger partial charge < -0.3 is 9.32 Å².